The average Bonchev–Trinajstić information content (AvgIpc) is 2.76. The number of pyridine rings is 2. The largest absolute Gasteiger partial charge is 0.495 e. The van der Waals surface area contributed by atoms with E-state index in [-0.39, 0.29) is 40.6 Å². The van der Waals surface area contributed by atoms with E-state index in [1.54, 1.807) is 20.2 Å². The summed E-state index contributed by atoms with van der Waals surface area (Å²) in [5, 5.41) is -0.0768. The van der Waals surface area contributed by atoms with Crippen LogP contribution in [0.2, 0.25) is 5.15 Å². The van der Waals surface area contributed by atoms with E-state index in [0.717, 1.165) is 11.8 Å². The summed E-state index contributed by atoms with van der Waals surface area (Å²) in [5.41, 5.74) is -0.191. The van der Waals surface area contributed by atoms with Crippen LogP contribution in [0.4, 0.5) is 13.2 Å². The van der Waals surface area contributed by atoms with Gasteiger partial charge in [0.05, 0.1) is 31.0 Å². The molecule has 0 aromatic carbocycles. The van der Waals surface area contributed by atoms with Crippen LogP contribution in [0.3, 0.4) is 0 Å². The zero-order chi connectivity index (χ0) is 23.5. The molecule has 0 spiro atoms. The molecule has 0 N–H and O–H groups in total. The van der Waals surface area contributed by atoms with Crippen molar-refractivity contribution >= 4 is 11.6 Å². The van der Waals surface area contributed by atoms with Gasteiger partial charge < -0.3 is 9.47 Å². The molecule has 10 heteroatoms. The number of hydrogen-bond acceptors (Lipinski definition) is 6. The average molecular weight is 467 g/mol. The summed E-state index contributed by atoms with van der Waals surface area (Å²) in [6, 6.07) is 4.83. The number of alkyl halides is 3. The molecule has 3 aromatic rings. The maximum atomic E-state index is 13.6. The van der Waals surface area contributed by atoms with Gasteiger partial charge in [0, 0.05) is 29.6 Å². The van der Waals surface area contributed by atoms with Gasteiger partial charge in [-0.05, 0) is 31.0 Å². The lowest BCUT2D eigenvalue weighted by Gasteiger charge is -2.21. The molecule has 0 radical (unpaired) electrons. The van der Waals surface area contributed by atoms with Crippen molar-refractivity contribution in [3.05, 3.63) is 59.0 Å². The van der Waals surface area contributed by atoms with Gasteiger partial charge in [0.25, 0.3) is 0 Å². The summed E-state index contributed by atoms with van der Waals surface area (Å²) in [6.45, 7) is 5.81. The molecule has 0 aliphatic rings. The third-order valence-electron chi connectivity index (χ3n) is 5.14. The summed E-state index contributed by atoms with van der Waals surface area (Å²) in [5.74, 6) is 1.08. The topological polar surface area (TPSA) is 70.0 Å². The molecule has 0 aliphatic carbocycles. The van der Waals surface area contributed by atoms with E-state index in [0.29, 0.717) is 17.8 Å². The molecule has 0 saturated heterocycles. The van der Waals surface area contributed by atoms with E-state index in [4.69, 9.17) is 21.1 Å². The Morgan fingerprint density at radius 3 is 2.41 bits per heavy atom. The second-order valence-corrected chi connectivity index (χ2v) is 7.77. The highest BCUT2D eigenvalue weighted by atomic mass is 35.5. The molecular formula is C22H22ClF3N4O2. The summed E-state index contributed by atoms with van der Waals surface area (Å²) in [4.78, 5) is 16.3. The number of ether oxygens (including phenoxy) is 2. The Morgan fingerprint density at radius 2 is 1.78 bits per heavy atom. The van der Waals surface area contributed by atoms with Crippen molar-refractivity contribution in [2.24, 2.45) is 5.92 Å². The van der Waals surface area contributed by atoms with Crippen LogP contribution in [0.5, 0.6) is 11.6 Å². The number of rotatable bonds is 7. The summed E-state index contributed by atoms with van der Waals surface area (Å²) < 4.78 is 51.7. The van der Waals surface area contributed by atoms with Crippen LogP contribution in [-0.2, 0) is 6.18 Å². The fourth-order valence-corrected chi connectivity index (χ4v) is 3.21. The SMILES string of the molecule is COc1ccc([C@@H](C)[C@H](C)COc2nc(C)ncc2-c2cc(Cl)ncc2C(F)(F)F)nc1. The standard InChI is InChI=1S/C22H22ClF3N4O2/c1-12(13(2)19-6-5-15(31-4)8-28-19)11-32-21-17(9-27-14(3)30-21)16-7-20(23)29-10-18(16)22(24,25)26/h5-10,12-13H,11H2,1-4H3/t12-,13+/m1/s1. The Hall–Kier alpha value is -2.94. The van der Waals surface area contributed by atoms with E-state index in [1.807, 2.05) is 26.0 Å². The van der Waals surface area contributed by atoms with E-state index in [9.17, 15) is 13.2 Å². The number of nitrogens with zero attached hydrogens (tertiary/aromatic N) is 4. The first-order valence-electron chi connectivity index (χ1n) is 9.79. The quantitative estimate of drug-likeness (QED) is 0.413. The van der Waals surface area contributed by atoms with E-state index >= 15 is 0 Å². The van der Waals surface area contributed by atoms with Crippen LogP contribution in [0, 0.1) is 12.8 Å². The summed E-state index contributed by atoms with van der Waals surface area (Å²) in [6.07, 6.45) is -0.993. The third kappa shape index (κ3) is 5.45. The van der Waals surface area contributed by atoms with Crippen molar-refractivity contribution in [2.45, 2.75) is 32.9 Å². The summed E-state index contributed by atoms with van der Waals surface area (Å²) in [7, 11) is 1.57. The summed E-state index contributed by atoms with van der Waals surface area (Å²) >= 11 is 5.88. The van der Waals surface area contributed by atoms with Gasteiger partial charge in [-0.1, -0.05) is 25.4 Å². The first kappa shape index (κ1) is 23.7. The monoisotopic (exact) mass is 466 g/mol. The van der Waals surface area contributed by atoms with Crippen molar-refractivity contribution < 1.29 is 22.6 Å². The van der Waals surface area contributed by atoms with Gasteiger partial charge in [0.2, 0.25) is 5.88 Å². The van der Waals surface area contributed by atoms with Crippen LogP contribution in [0.1, 0.15) is 36.8 Å². The number of methoxy groups -OCH3 is 1. The predicted octanol–water partition coefficient (Wildman–Crippen LogP) is 5.74. The van der Waals surface area contributed by atoms with Crippen molar-refractivity contribution in [2.75, 3.05) is 13.7 Å². The lowest BCUT2D eigenvalue weighted by atomic mass is 9.93. The van der Waals surface area contributed by atoms with Gasteiger partial charge in [-0.2, -0.15) is 18.2 Å². The fourth-order valence-electron chi connectivity index (χ4n) is 3.05. The Labute approximate surface area is 188 Å². The van der Waals surface area contributed by atoms with Gasteiger partial charge in [-0.15, -0.1) is 0 Å². The zero-order valence-electron chi connectivity index (χ0n) is 17.9. The minimum atomic E-state index is -4.63. The lowest BCUT2D eigenvalue weighted by molar-refractivity contribution is -0.137. The highest BCUT2D eigenvalue weighted by molar-refractivity contribution is 6.29. The molecule has 170 valence electrons. The third-order valence-corrected chi connectivity index (χ3v) is 5.35. The number of aromatic nitrogens is 4. The molecule has 0 amide bonds. The molecule has 2 atom stereocenters. The molecule has 32 heavy (non-hydrogen) atoms. The minimum absolute atomic E-state index is 0.0119. The first-order chi connectivity index (χ1) is 15.1. The zero-order valence-corrected chi connectivity index (χ0v) is 18.7. The Morgan fingerprint density at radius 1 is 1.03 bits per heavy atom. The maximum Gasteiger partial charge on any atom is 0.418 e. The number of hydrogen-bond donors (Lipinski definition) is 0. The number of aryl methyl sites for hydroxylation is 1. The smallest absolute Gasteiger partial charge is 0.418 e. The van der Waals surface area contributed by atoms with Crippen LogP contribution in [-0.4, -0.2) is 33.7 Å². The fraction of sp³-hybridized carbons (Fsp3) is 0.364. The van der Waals surface area contributed by atoms with Crippen molar-refractivity contribution in [1.29, 1.82) is 0 Å². The van der Waals surface area contributed by atoms with Crippen LogP contribution >= 0.6 is 11.6 Å². The maximum absolute atomic E-state index is 13.6. The van der Waals surface area contributed by atoms with Crippen molar-refractivity contribution in [3.8, 4) is 22.8 Å². The van der Waals surface area contributed by atoms with Crippen LogP contribution < -0.4 is 9.47 Å². The van der Waals surface area contributed by atoms with E-state index < -0.39 is 11.7 Å². The Bertz CT molecular complexity index is 1080. The van der Waals surface area contributed by atoms with Gasteiger partial charge in [0.15, 0.2) is 0 Å². The van der Waals surface area contributed by atoms with Gasteiger partial charge >= 0.3 is 6.18 Å². The molecule has 0 bridgehead atoms. The highest BCUT2D eigenvalue weighted by Gasteiger charge is 2.35. The van der Waals surface area contributed by atoms with Gasteiger partial charge in [-0.3, -0.25) is 4.98 Å². The normalized spacial score (nSPS) is 13.5. The first-order valence-corrected chi connectivity index (χ1v) is 10.2. The molecular weight excluding hydrogens is 445 g/mol. The molecule has 0 saturated carbocycles. The molecule has 3 heterocycles. The van der Waals surface area contributed by atoms with Crippen molar-refractivity contribution in [1.82, 2.24) is 19.9 Å². The lowest BCUT2D eigenvalue weighted by Crippen LogP contribution is -2.17. The molecule has 3 aromatic heterocycles. The van der Waals surface area contributed by atoms with Crippen molar-refractivity contribution in [3.63, 3.8) is 0 Å². The van der Waals surface area contributed by atoms with Gasteiger partial charge in [0.1, 0.15) is 16.7 Å². The van der Waals surface area contributed by atoms with Crippen LogP contribution in [0.25, 0.3) is 11.1 Å². The molecule has 0 fully saturated rings. The second-order valence-electron chi connectivity index (χ2n) is 7.39. The molecule has 0 unspecified atom stereocenters. The molecule has 0 aliphatic heterocycles. The molecule has 3 rings (SSSR count). The predicted molar refractivity (Wildman–Crippen MR) is 114 cm³/mol. The molecule has 6 nitrogen and oxygen atoms in total. The second kappa shape index (κ2) is 9.68. The van der Waals surface area contributed by atoms with E-state index in [2.05, 4.69) is 19.9 Å². The van der Waals surface area contributed by atoms with Gasteiger partial charge in [-0.25, -0.2) is 9.97 Å². The van der Waals surface area contributed by atoms with E-state index in [1.165, 1.54) is 6.20 Å². The van der Waals surface area contributed by atoms with Crippen LogP contribution in [0.15, 0.2) is 36.8 Å². The highest BCUT2D eigenvalue weighted by Crippen LogP contribution is 2.40. The Kier molecular flexibility index (Phi) is 7.18. The Balaban J connectivity index is 1.87. The minimum Gasteiger partial charge on any atom is -0.495 e. The number of halogens is 4.